The third-order valence-corrected chi connectivity index (χ3v) is 4.31. The van der Waals surface area contributed by atoms with Crippen LogP contribution in [0.15, 0.2) is 53.4 Å². The summed E-state index contributed by atoms with van der Waals surface area (Å²) >= 11 is 1.31. The van der Waals surface area contributed by atoms with Gasteiger partial charge in [0, 0.05) is 35.3 Å². The van der Waals surface area contributed by atoms with Gasteiger partial charge in [0.2, 0.25) is 11.8 Å². The highest BCUT2D eigenvalue weighted by Crippen LogP contribution is 2.26. The molecule has 0 aliphatic rings. The molecular formula is C17H17N3O4S. The number of thioether (sulfide) groups is 1. The minimum Gasteiger partial charge on any atom is -0.326 e. The van der Waals surface area contributed by atoms with Crippen molar-refractivity contribution in [2.24, 2.45) is 0 Å². The van der Waals surface area contributed by atoms with Gasteiger partial charge in [-0.25, -0.2) is 0 Å². The van der Waals surface area contributed by atoms with Crippen molar-refractivity contribution in [2.75, 3.05) is 10.6 Å². The Bertz CT molecular complexity index is 775. The van der Waals surface area contributed by atoms with Gasteiger partial charge in [-0.2, -0.15) is 0 Å². The van der Waals surface area contributed by atoms with Crippen LogP contribution in [0.5, 0.6) is 0 Å². The Kier molecular flexibility index (Phi) is 6.13. The summed E-state index contributed by atoms with van der Waals surface area (Å²) in [5, 5.41) is 15.7. The molecule has 7 nitrogen and oxygen atoms in total. The largest absolute Gasteiger partial charge is 0.326 e. The molecule has 2 N–H and O–H groups in total. The molecule has 0 spiro atoms. The average Bonchev–Trinajstić information content (AvgIpc) is 2.56. The zero-order chi connectivity index (χ0) is 18.4. The topological polar surface area (TPSA) is 101 Å². The number of nitro benzene ring substituents is 1. The summed E-state index contributed by atoms with van der Waals surface area (Å²) in [5.74, 6) is -0.347. The number of hydrogen-bond acceptors (Lipinski definition) is 5. The fourth-order valence-electron chi connectivity index (χ4n) is 1.99. The van der Waals surface area contributed by atoms with E-state index in [4.69, 9.17) is 0 Å². The van der Waals surface area contributed by atoms with Crippen molar-refractivity contribution < 1.29 is 14.5 Å². The maximum absolute atomic E-state index is 12.2. The predicted molar refractivity (Wildman–Crippen MR) is 97.8 cm³/mol. The maximum Gasteiger partial charge on any atom is 0.269 e. The van der Waals surface area contributed by atoms with Crippen molar-refractivity contribution in [3.05, 3.63) is 58.6 Å². The molecule has 2 aromatic rings. The summed E-state index contributed by atoms with van der Waals surface area (Å²) in [4.78, 5) is 34.2. The van der Waals surface area contributed by atoms with Crippen molar-refractivity contribution in [1.82, 2.24) is 0 Å². The van der Waals surface area contributed by atoms with Gasteiger partial charge in [0.25, 0.3) is 5.69 Å². The van der Waals surface area contributed by atoms with E-state index in [1.54, 1.807) is 43.3 Å². The van der Waals surface area contributed by atoms with Crippen LogP contribution in [0.3, 0.4) is 0 Å². The Morgan fingerprint density at radius 2 is 1.52 bits per heavy atom. The molecule has 0 aromatic heterocycles. The Morgan fingerprint density at radius 3 is 2.00 bits per heavy atom. The second kappa shape index (κ2) is 8.29. The standard InChI is InChI=1S/C17H17N3O4S/c1-11(25-16-9-7-15(8-10-16)20(23)24)17(22)19-14-5-3-13(4-6-14)18-12(2)21/h3-11H,1-2H3,(H,18,21)(H,19,22)/t11-/m1/s1. The Balaban J connectivity index is 1.93. The van der Waals surface area contributed by atoms with Crippen LogP contribution in [-0.2, 0) is 9.59 Å². The second-order valence-electron chi connectivity index (χ2n) is 5.26. The minimum atomic E-state index is -0.463. The molecule has 0 bridgehead atoms. The third-order valence-electron chi connectivity index (χ3n) is 3.20. The van der Waals surface area contributed by atoms with E-state index in [0.717, 1.165) is 4.90 Å². The summed E-state index contributed by atoms with van der Waals surface area (Å²) < 4.78 is 0. The molecule has 130 valence electrons. The number of carbonyl (C=O) groups is 2. The molecule has 2 aromatic carbocycles. The van der Waals surface area contributed by atoms with Crippen LogP contribution in [0.2, 0.25) is 0 Å². The molecule has 2 rings (SSSR count). The summed E-state index contributed by atoms with van der Waals surface area (Å²) in [6, 6.07) is 12.9. The zero-order valence-corrected chi connectivity index (χ0v) is 14.5. The van der Waals surface area contributed by atoms with Crippen LogP contribution in [0.1, 0.15) is 13.8 Å². The normalized spacial score (nSPS) is 11.4. The van der Waals surface area contributed by atoms with Crippen molar-refractivity contribution in [1.29, 1.82) is 0 Å². The number of amides is 2. The van der Waals surface area contributed by atoms with E-state index in [-0.39, 0.29) is 22.8 Å². The molecule has 0 saturated carbocycles. The van der Waals surface area contributed by atoms with Crippen molar-refractivity contribution in [3.63, 3.8) is 0 Å². The first-order valence-electron chi connectivity index (χ1n) is 7.45. The lowest BCUT2D eigenvalue weighted by Crippen LogP contribution is -2.22. The smallest absolute Gasteiger partial charge is 0.269 e. The molecule has 0 radical (unpaired) electrons. The van der Waals surface area contributed by atoms with Crippen LogP contribution in [0.4, 0.5) is 17.1 Å². The molecule has 0 heterocycles. The van der Waals surface area contributed by atoms with Crippen LogP contribution < -0.4 is 10.6 Å². The van der Waals surface area contributed by atoms with Crippen LogP contribution in [-0.4, -0.2) is 22.0 Å². The van der Waals surface area contributed by atoms with Crippen molar-refractivity contribution in [2.45, 2.75) is 24.0 Å². The Morgan fingerprint density at radius 1 is 1.00 bits per heavy atom. The monoisotopic (exact) mass is 359 g/mol. The molecule has 0 aliphatic heterocycles. The number of benzene rings is 2. The number of carbonyl (C=O) groups excluding carboxylic acids is 2. The fraction of sp³-hybridized carbons (Fsp3) is 0.176. The van der Waals surface area contributed by atoms with E-state index in [9.17, 15) is 19.7 Å². The van der Waals surface area contributed by atoms with Crippen LogP contribution in [0.25, 0.3) is 0 Å². The summed E-state index contributed by atoms with van der Waals surface area (Å²) in [6.45, 7) is 3.18. The van der Waals surface area contributed by atoms with Crippen LogP contribution >= 0.6 is 11.8 Å². The van der Waals surface area contributed by atoms with Gasteiger partial charge in [-0.1, -0.05) is 0 Å². The number of rotatable bonds is 6. The first-order chi connectivity index (χ1) is 11.8. The number of nitrogens with zero attached hydrogens (tertiary/aromatic N) is 1. The predicted octanol–water partition coefficient (Wildman–Crippen LogP) is 3.67. The molecular weight excluding hydrogens is 342 g/mol. The van der Waals surface area contributed by atoms with Gasteiger partial charge >= 0.3 is 0 Å². The number of anilines is 2. The highest BCUT2D eigenvalue weighted by molar-refractivity contribution is 8.00. The van der Waals surface area contributed by atoms with Gasteiger partial charge in [0.05, 0.1) is 10.2 Å². The van der Waals surface area contributed by atoms with Gasteiger partial charge in [0.1, 0.15) is 0 Å². The van der Waals surface area contributed by atoms with Gasteiger partial charge in [0.15, 0.2) is 0 Å². The highest BCUT2D eigenvalue weighted by atomic mass is 32.2. The number of hydrogen-bond donors (Lipinski definition) is 2. The van der Waals surface area contributed by atoms with E-state index in [1.165, 1.54) is 30.8 Å². The zero-order valence-electron chi connectivity index (χ0n) is 13.7. The van der Waals surface area contributed by atoms with E-state index >= 15 is 0 Å². The van der Waals surface area contributed by atoms with Gasteiger partial charge in [-0.3, -0.25) is 19.7 Å². The fourth-order valence-corrected chi connectivity index (χ4v) is 2.86. The molecule has 2 amide bonds. The first-order valence-corrected chi connectivity index (χ1v) is 8.33. The molecule has 25 heavy (non-hydrogen) atoms. The molecule has 0 saturated heterocycles. The van der Waals surface area contributed by atoms with Crippen molar-refractivity contribution in [3.8, 4) is 0 Å². The van der Waals surface area contributed by atoms with E-state index < -0.39 is 4.92 Å². The number of non-ortho nitro benzene ring substituents is 1. The number of nitro groups is 1. The Labute approximate surface area is 149 Å². The molecule has 8 heteroatoms. The molecule has 0 fully saturated rings. The highest BCUT2D eigenvalue weighted by Gasteiger charge is 2.15. The molecule has 0 unspecified atom stereocenters. The lowest BCUT2D eigenvalue weighted by atomic mass is 10.2. The van der Waals surface area contributed by atoms with E-state index in [0.29, 0.717) is 11.4 Å². The third kappa shape index (κ3) is 5.61. The second-order valence-corrected chi connectivity index (χ2v) is 6.67. The summed E-state index contributed by atoms with van der Waals surface area (Å²) in [7, 11) is 0. The van der Waals surface area contributed by atoms with E-state index in [2.05, 4.69) is 10.6 Å². The first kappa shape index (κ1) is 18.5. The maximum atomic E-state index is 12.2. The van der Waals surface area contributed by atoms with Crippen LogP contribution in [0, 0.1) is 10.1 Å². The Hall–Kier alpha value is -2.87. The summed E-state index contributed by atoms with van der Waals surface area (Å²) in [5.41, 5.74) is 1.29. The SMILES string of the molecule is CC(=O)Nc1ccc(NC(=O)[C@@H](C)Sc2ccc([N+](=O)[O-])cc2)cc1. The lowest BCUT2D eigenvalue weighted by molar-refractivity contribution is -0.384. The summed E-state index contributed by atoms with van der Waals surface area (Å²) in [6.07, 6.45) is 0. The number of nitrogens with one attached hydrogen (secondary N) is 2. The average molecular weight is 359 g/mol. The molecule has 0 aliphatic carbocycles. The van der Waals surface area contributed by atoms with Gasteiger partial charge in [-0.15, -0.1) is 11.8 Å². The van der Waals surface area contributed by atoms with Gasteiger partial charge < -0.3 is 10.6 Å². The quantitative estimate of drug-likeness (QED) is 0.465. The molecule has 1 atom stereocenters. The van der Waals surface area contributed by atoms with E-state index in [1.807, 2.05) is 0 Å². The van der Waals surface area contributed by atoms with Crippen molar-refractivity contribution >= 4 is 40.6 Å². The lowest BCUT2D eigenvalue weighted by Gasteiger charge is -2.12. The minimum absolute atomic E-state index is 0.0146. The van der Waals surface area contributed by atoms with Gasteiger partial charge in [-0.05, 0) is 43.3 Å².